The second kappa shape index (κ2) is 3.29. The molecule has 1 saturated heterocycles. The van der Waals surface area contributed by atoms with E-state index in [0.29, 0.717) is 12.8 Å². The molecule has 0 spiro atoms. The molecular weight excluding hydrogens is 190 g/mol. The van der Waals surface area contributed by atoms with Crippen LogP contribution in [0.15, 0.2) is 0 Å². The predicted octanol–water partition coefficient (Wildman–Crippen LogP) is 0.0898. The van der Waals surface area contributed by atoms with E-state index in [0.717, 1.165) is 0 Å². The summed E-state index contributed by atoms with van der Waals surface area (Å²) in [5, 5.41) is 2.79. The van der Waals surface area contributed by atoms with E-state index in [4.69, 9.17) is 0 Å². The molecule has 1 aliphatic heterocycles. The minimum atomic E-state index is -2.84. The van der Waals surface area contributed by atoms with Gasteiger partial charge in [0.2, 0.25) is 5.91 Å². The van der Waals surface area contributed by atoms with Gasteiger partial charge in [0.15, 0.2) is 0 Å². The summed E-state index contributed by atoms with van der Waals surface area (Å²) in [6, 6.07) is 0. The molecule has 13 heavy (non-hydrogen) atoms. The predicted molar refractivity (Wildman–Crippen MR) is 50.1 cm³/mol. The van der Waals surface area contributed by atoms with Crippen LogP contribution in [0, 0.1) is 0 Å². The van der Waals surface area contributed by atoms with Gasteiger partial charge < -0.3 is 5.32 Å². The molecule has 1 rings (SSSR count). The van der Waals surface area contributed by atoms with Gasteiger partial charge in [0.05, 0.1) is 11.5 Å². The van der Waals surface area contributed by atoms with Crippen LogP contribution in [0.3, 0.4) is 0 Å². The van der Waals surface area contributed by atoms with Gasteiger partial charge in [-0.25, -0.2) is 8.42 Å². The Morgan fingerprint density at radius 3 is 2.15 bits per heavy atom. The van der Waals surface area contributed by atoms with Gasteiger partial charge in [-0.05, 0) is 19.8 Å². The molecular formula is C8H15NO3S. The first kappa shape index (κ1) is 10.5. The van der Waals surface area contributed by atoms with Crippen LogP contribution in [-0.2, 0) is 14.6 Å². The Morgan fingerprint density at radius 2 is 1.77 bits per heavy atom. The molecule has 0 aromatic rings. The minimum Gasteiger partial charge on any atom is -0.351 e. The molecule has 1 aliphatic rings. The Kier molecular flexibility index (Phi) is 2.66. The standard InChI is InChI=1S/C8H15NO3S/c1-7(10)9-8(2)3-5-13(11,12)6-4-8/h3-6H2,1-2H3,(H,9,10). The fourth-order valence-electron chi connectivity index (χ4n) is 1.54. The maximum atomic E-state index is 11.1. The molecule has 1 N–H and O–H groups in total. The van der Waals surface area contributed by atoms with E-state index in [1.54, 1.807) is 0 Å². The highest BCUT2D eigenvalue weighted by molar-refractivity contribution is 7.91. The lowest BCUT2D eigenvalue weighted by Crippen LogP contribution is -2.50. The molecule has 0 aromatic heterocycles. The van der Waals surface area contributed by atoms with Crippen molar-refractivity contribution in [1.29, 1.82) is 0 Å². The molecule has 1 fully saturated rings. The largest absolute Gasteiger partial charge is 0.351 e. The second-order valence-electron chi connectivity index (χ2n) is 3.89. The van der Waals surface area contributed by atoms with Gasteiger partial charge in [-0.1, -0.05) is 0 Å². The monoisotopic (exact) mass is 205 g/mol. The molecule has 0 aliphatic carbocycles. The zero-order chi connectivity index (χ0) is 10.1. The number of amides is 1. The van der Waals surface area contributed by atoms with Crippen LogP contribution in [0.25, 0.3) is 0 Å². The Morgan fingerprint density at radius 1 is 1.31 bits per heavy atom. The maximum Gasteiger partial charge on any atom is 0.217 e. The van der Waals surface area contributed by atoms with E-state index in [1.807, 2.05) is 6.92 Å². The van der Waals surface area contributed by atoms with Gasteiger partial charge >= 0.3 is 0 Å². The zero-order valence-electron chi connectivity index (χ0n) is 7.96. The summed E-state index contributed by atoms with van der Waals surface area (Å²) in [5.74, 6) is 0.273. The third-order valence-electron chi connectivity index (χ3n) is 2.41. The van der Waals surface area contributed by atoms with Crippen LogP contribution in [0.1, 0.15) is 26.7 Å². The van der Waals surface area contributed by atoms with Gasteiger partial charge in [0.1, 0.15) is 9.84 Å². The molecule has 0 bridgehead atoms. The van der Waals surface area contributed by atoms with E-state index >= 15 is 0 Å². The van der Waals surface area contributed by atoms with Crippen molar-refractivity contribution in [3.63, 3.8) is 0 Å². The second-order valence-corrected chi connectivity index (χ2v) is 6.20. The molecule has 0 saturated carbocycles. The minimum absolute atomic E-state index is 0.0956. The van der Waals surface area contributed by atoms with E-state index in [2.05, 4.69) is 5.32 Å². The molecule has 0 aromatic carbocycles. The van der Waals surface area contributed by atoms with Crippen LogP contribution in [0.5, 0.6) is 0 Å². The van der Waals surface area contributed by atoms with Crippen molar-refractivity contribution < 1.29 is 13.2 Å². The first-order chi connectivity index (χ1) is 5.83. The van der Waals surface area contributed by atoms with Crippen LogP contribution < -0.4 is 5.32 Å². The fraction of sp³-hybridized carbons (Fsp3) is 0.875. The van der Waals surface area contributed by atoms with Gasteiger partial charge in [-0.15, -0.1) is 0 Å². The molecule has 4 nitrogen and oxygen atoms in total. The van der Waals surface area contributed by atoms with Gasteiger partial charge in [-0.3, -0.25) is 4.79 Å². The van der Waals surface area contributed by atoms with Gasteiger partial charge in [0.25, 0.3) is 0 Å². The lowest BCUT2D eigenvalue weighted by atomic mass is 9.95. The molecule has 0 radical (unpaired) electrons. The van der Waals surface area contributed by atoms with Crippen molar-refractivity contribution in [1.82, 2.24) is 5.32 Å². The average Bonchev–Trinajstić information content (AvgIpc) is 1.95. The summed E-state index contributed by atoms with van der Waals surface area (Å²) >= 11 is 0. The van der Waals surface area contributed by atoms with Crippen LogP contribution in [0.2, 0.25) is 0 Å². The number of carbonyl (C=O) groups is 1. The normalized spacial score (nSPS) is 25.1. The van der Waals surface area contributed by atoms with Crippen LogP contribution >= 0.6 is 0 Å². The van der Waals surface area contributed by atoms with Gasteiger partial charge in [0, 0.05) is 12.5 Å². The summed E-state index contributed by atoms with van der Waals surface area (Å²) in [4.78, 5) is 10.8. The molecule has 76 valence electrons. The molecule has 1 amide bonds. The number of nitrogens with one attached hydrogen (secondary N) is 1. The number of sulfone groups is 1. The first-order valence-corrected chi connectivity index (χ1v) is 6.14. The average molecular weight is 205 g/mol. The smallest absolute Gasteiger partial charge is 0.217 e. The lowest BCUT2D eigenvalue weighted by molar-refractivity contribution is -0.120. The summed E-state index contributed by atoms with van der Waals surface area (Å²) in [6.07, 6.45) is 1.05. The topological polar surface area (TPSA) is 63.2 Å². The van der Waals surface area contributed by atoms with Crippen molar-refractivity contribution in [3.05, 3.63) is 0 Å². The lowest BCUT2D eigenvalue weighted by Gasteiger charge is -2.33. The van der Waals surface area contributed by atoms with Crippen molar-refractivity contribution in [2.75, 3.05) is 11.5 Å². The third-order valence-corrected chi connectivity index (χ3v) is 4.06. The maximum absolute atomic E-state index is 11.1. The van der Waals surface area contributed by atoms with Crippen molar-refractivity contribution in [3.8, 4) is 0 Å². The highest BCUT2D eigenvalue weighted by atomic mass is 32.2. The first-order valence-electron chi connectivity index (χ1n) is 4.32. The van der Waals surface area contributed by atoms with E-state index in [1.165, 1.54) is 6.92 Å². The number of hydrogen-bond donors (Lipinski definition) is 1. The molecule has 0 unspecified atom stereocenters. The number of hydrogen-bond acceptors (Lipinski definition) is 3. The van der Waals surface area contributed by atoms with Crippen molar-refractivity contribution in [2.45, 2.75) is 32.2 Å². The Balaban J connectivity index is 2.61. The quantitative estimate of drug-likeness (QED) is 0.660. The SMILES string of the molecule is CC(=O)NC1(C)CCS(=O)(=O)CC1. The zero-order valence-corrected chi connectivity index (χ0v) is 8.78. The Hall–Kier alpha value is -0.580. The summed E-state index contributed by atoms with van der Waals surface area (Å²) in [5.41, 5.74) is -0.322. The molecule has 0 atom stereocenters. The fourth-order valence-corrected chi connectivity index (χ4v) is 3.27. The summed E-state index contributed by atoms with van der Waals surface area (Å²) < 4.78 is 22.2. The van der Waals surface area contributed by atoms with Crippen LogP contribution in [0.4, 0.5) is 0 Å². The number of carbonyl (C=O) groups excluding carboxylic acids is 1. The Bertz CT molecular complexity index is 293. The third kappa shape index (κ3) is 2.99. The van der Waals surface area contributed by atoms with Gasteiger partial charge in [-0.2, -0.15) is 0 Å². The summed E-state index contributed by atoms with van der Waals surface area (Å²) in [6.45, 7) is 3.34. The van der Waals surface area contributed by atoms with Crippen LogP contribution in [-0.4, -0.2) is 31.4 Å². The molecule has 1 heterocycles. The van der Waals surface area contributed by atoms with E-state index < -0.39 is 9.84 Å². The Labute approximate surface area is 78.6 Å². The van der Waals surface area contributed by atoms with E-state index in [-0.39, 0.29) is 23.0 Å². The van der Waals surface area contributed by atoms with E-state index in [9.17, 15) is 13.2 Å². The summed E-state index contributed by atoms with van der Waals surface area (Å²) in [7, 11) is -2.84. The van der Waals surface area contributed by atoms with Crippen molar-refractivity contribution in [2.24, 2.45) is 0 Å². The molecule has 5 heteroatoms. The number of rotatable bonds is 1. The highest BCUT2D eigenvalue weighted by Gasteiger charge is 2.33. The van der Waals surface area contributed by atoms with Crippen molar-refractivity contribution >= 4 is 15.7 Å². The highest BCUT2D eigenvalue weighted by Crippen LogP contribution is 2.22.